The fraction of sp³-hybridized carbons (Fsp3) is 0.500. The highest BCUT2D eigenvalue weighted by atomic mass is 16.2. The fourth-order valence-electron chi connectivity index (χ4n) is 4.12. The van der Waals surface area contributed by atoms with E-state index < -0.39 is 0 Å². The van der Waals surface area contributed by atoms with Gasteiger partial charge in [-0.25, -0.2) is 0 Å². The lowest BCUT2D eigenvalue weighted by molar-refractivity contribution is -0.122. The van der Waals surface area contributed by atoms with Gasteiger partial charge in [-0.05, 0) is 61.1 Å². The van der Waals surface area contributed by atoms with Crippen LogP contribution in [0.4, 0.5) is 0 Å². The third kappa shape index (κ3) is 3.10. The Balaban J connectivity index is 1.43. The summed E-state index contributed by atoms with van der Waals surface area (Å²) < 4.78 is 1.83. The summed E-state index contributed by atoms with van der Waals surface area (Å²) in [5, 5.41) is 7.83. The standard InChI is InChI=1S/C20H25N3O/c1-14-9-10-18-16(11-14)12-23(22-18)13-20(24)21-19-8-4-6-15-5-2-3-7-17(15)19/h2-3,5,7,12,14,19H,4,6,8-11,13H2,1H3,(H,21,24)/t14-,19-/m1/s1. The quantitative estimate of drug-likeness (QED) is 0.943. The summed E-state index contributed by atoms with van der Waals surface area (Å²) >= 11 is 0. The summed E-state index contributed by atoms with van der Waals surface area (Å²) in [7, 11) is 0. The Bertz CT molecular complexity index is 749. The number of aromatic nitrogens is 2. The van der Waals surface area contributed by atoms with Gasteiger partial charge in [-0.3, -0.25) is 9.48 Å². The van der Waals surface area contributed by atoms with Gasteiger partial charge >= 0.3 is 0 Å². The smallest absolute Gasteiger partial charge is 0.242 e. The summed E-state index contributed by atoms with van der Waals surface area (Å²) in [6, 6.07) is 8.61. The lowest BCUT2D eigenvalue weighted by atomic mass is 9.88. The molecular weight excluding hydrogens is 298 g/mol. The minimum absolute atomic E-state index is 0.0598. The van der Waals surface area contributed by atoms with Crippen LogP contribution in [0.3, 0.4) is 0 Å². The number of fused-ring (bicyclic) bond motifs is 2. The second kappa shape index (κ2) is 6.42. The zero-order chi connectivity index (χ0) is 16.5. The van der Waals surface area contributed by atoms with E-state index in [1.165, 1.54) is 28.8 Å². The number of benzene rings is 1. The molecule has 24 heavy (non-hydrogen) atoms. The number of amides is 1. The van der Waals surface area contributed by atoms with Crippen LogP contribution in [0.2, 0.25) is 0 Å². The van der Waals surface area contributed by atoms with E-state index in [2.05, 4.69) is 47.8 Å². The van der Waals surface area contributed by atoms with Crippen molar-refractivity contribution < 1.29 is 4.79 Å². The van der Waals surface area contributed by atoms with Crippen molar-refractivity contribution in [3.8, 4) is 0 Å². The van der Waals surface area contributed by atoms with Crippen molar-refractivity contribution in [2.75, 3.05) is 0 Å². The molecule has 1 aromatic carbocycles. The summed E-state index contributed by atoms with van der Waals surface area (Å²) in [6.07, 6.45) is 8.68. The Labute approximate surface area is 143 Å². The van der Waals surface area contributed by atoms with Crippen LogP contribution in [0.5, 0.6) is 0 Å². The van der Waals surface area contributed by atoms with Crippen molar-refractivity contribution in [3.63, 3.8) is 0 Å². The highest BCUT2D eigenvalue weighted by Crippen LogP contribution is 2.29. The van der Waals surface area contributed by atoms with Crippen LogP contribution in [0.1, 0.15) is 54.6 Å². The minimum Gasteiger partial charge on any atom is -0.348 e. The van der Waals surface area contributed by atoms with E-state index in [0.717, 1.165) is 38.0 Å². The zero-order valence-corrected chi connectivity index (χ0v) is 14.3. The van der Waals surface area contributed by atoms with E-state index in [1.54, 1.807) is 0 Å². The van der Waals surface area contributed by atoms with Crippen LogP contribution in [0, 0.1) is 5.92 Å². The second-order valence-electron chi connectivity index (χ2n) is 7.36. The van der Waals surface area contributed by atoms with Crippen LogP contribution in [-0.2, 0) is 30.6 Å². The molecule has 1 amide bonds. The molecule has 1 N–H and O–H groups in total. The summed E-state index contributed by atoms with van der Waals surface area (Å²) in [4.78, 5) is 12.5. The molecule has 4 nitrogen and oxygen atoms in total. The monoisotopic (exact) mass is 323 g/mol. The molecule has 2 aliphatic rings. The Morgan fingerprint density at radius 3 is 3.04 bits per heavy atom. The van der Waals surface area contributed by atoms with Crippen LogP contribution in [0.25, 0.3) is 0 Å². The van der Waals surface area contributed by atoms with E-state index in [0.29, 0.717) is 6.54 Å². The average Bonchev–Trinajstić information content (AvgIpc) is 2.96. The van der Waals surface area contributed by atoms with Crippen LogP contribution >= 0.6 is 0 Å². The van der Waals surface area contributed by atoms with E-state index in [1.807, 2.05) is 4.68 Å². The van der Waals surface area contributed by atoms with Gasteiger partial charge in [0.05, 0.1) is 11.7 Å². The number of carbonyl (C=O) groups is 1. The molecule has 1 aromatic heterocycles. The predicted molar refractivity (Wildman–Crippen MR) is 93.7 cm³/mol. The molecule has 0 bridgehead atoms. The van der Waals surface area contributed by atoms with Gasteiger partial charge in [-0.1, -0.05) is 31.2 Å². The molecule has 0 saturated heterocycles. The van der Waals surface area contributed by atoms with E-state index in [4.69, 9.17) is 0 Å². The normalized spacial score (nSPS) is 22.5. The predicted octanol–water partition coefficient (Wildman–Crippen LogP) is 3.20. The largest absolute Gasteiger partial charge is 0.348 e. The fourth-order valence-corrected chi connectivity index (χ4v) is 4.12. The van der Waals surface area contributed by atoms with Crippen molar-refractivity contribution >= 4 is 5.91 Å². The Morgan fingerprint density at radius 1 is 1.25 bits per heavy atom. The molecule has 0 spiro atoms. The van der Waals surface area contributed by atoms with Gasteiger partial charge in [0.25, 0.3) is 0 Å². The highest BCUT2D eigenvalue weighted by Gasteiger charge is 2.22. The van der Waals surface area contributed by atoms with Gasteiger partial charge in [-0.15, -0.1) is 0 Å². The molecule has 0 saturated carbocycles. The number of nitrogens with one attached hydrogen (secondary N) is 1. The van der Waals surface area contributed by atoms with Crippen molar-refractivity contribution in [2.45, 2.75) is 58.0 Å². The van der Waals surface area contributed by atoms with Crippen molar-refractivity contribution in [1.82, 2.24) is 15.1 Å². The number of rotatable bonds is 3. The molecule has 4 rings (SSSR count). The SMILES string of the molecule is C[C@@H]1CCc2nn(CC(=O)N[C@@H]3CCCc4ccccc43)cc2C1. The van der Waals surface area contributed by atoms with Gasteiger partial charge in [-0.2, -0.15) is 5.10 Å². The van der Waals surface area contributed by atoms with Gasteiger partial charge in [0.2, 0.25) is 5.91 Å². The molecule has 0 fully saturated rings. The molecule has 2 aliphatic carbocycles. The number of carbonyl (C=O) groups excluding carboxylic acids is 1. The first-order valence-electron chi connectivity index (χ1n) is 9.11. The minimum atomic E-state index is 0.0598. The summed E-state index contributed by atoms with van der Waals surface area (Å²) in [6.45, 7) is 2.60. The van der Waals surface area contributed by atoms with Gasteiger partial charge in [0, 0.05) is 6.20 Å². The van der Waals surface area contributed by atoms with Gasteiger partial charge in [0.1, 0.15) is 6.54 Å². The Hall–Kier alpha value is -2.10. The molecule has 2 atom stereocenters. The van der Waals surface area contributed by atoms with Crippen molar-refractivity contribution in [1.29, 1.82) is 0 Å². The van der Waals surface area contributed by atoms with Crippen LogP contribution in [0.15, 0.2) is 30.5 Å². The van der Waals surface area contributed by atoms with E-state index in [-0.39, 0.29) is 11.9 Å². The molecule has 126 valence electrons. The lowest BCUT2D eigenvalue weighted by Gasteiger charge is -2.26. The molecule has 0 radical (unpaired) electrons. The first kappa shape index (κ1) is 15.4. The third-order valence-electron chi connectivity index (χ3n) is 5.38. The molecule has 2 aromatic rings. The third-order valence-corrected chi connectivity index (χ3v) is 5.38. The van der Waals surface area contributed by atoms with Crippen LogP contribution < -0.4 is 5.32 Å². The molecule has 1 heterocycles. The average molecular weight is 323 g/mol. The summed E-state index contributed by atoms with van der Waals surface area (Å²) in [5.41, 5.74) is 5.16. The van der Waals surface area contributed by atoms with Gasteiger partial charge in [0.15, 0.2) is 0 Å². The Morgan fingerprint density at radius 2 is 2.12 bits per heavy atom. The Kier molecular flexibility index (Phi) is 4.13. The van der Waals surface area contributed by atoms with Crippen molar-refractivity contribution in [3.05, 3.63) is 52.8 Å². The number of hydrogen-bond donors (Lipinski definition) is 1. The lowest BCUT2D eigenvalue weighted by Crippen LogP contribution is -2.33. The highest BCUT2D eigenvalue weighted by molar-refractivity contribution is 5.76. The van der Waals surface area contributed by atoms with Gasteiger partial charge < -0.3 is 5.32 Å². The number of hydrogen-bond acceptors (Lipinski definition) is 2. The molecule has 0 aliphatic heterocycles. The zero-order valence-electron chi connectivity index (χ0n) is 14.3. The van der Waals surface area contributed by atoms with Crippen LogP contribution in [-0.4, -0.2) is 15.7 Å². The molecule has 4 heteroatoms. The number of nitrogens with zero attached hydrogens (tertiary/aromatic N) is 2. The summed E-state index contributed by atoms with van der Waals surface area (Å²) in [5.74, 6) is 0.785. The second-order valence-corrected chi connectivity index (χ2v) is 7.36. The first-order chi connectivity index (χ1) is 11.7. The van der Waals surface area contributed by atoms with Crippen molar-refractivity contribution in [2.24, 2.45) is 5.92 Å². The maximum absolute atomic E-state index is 12.5. The topological polar surface area (TPSA) is 46.9 Å². The van der Waals surface area contributed by atoms with E-state index >= 15 is 0 Å². The first-order valence-corrected chi connectivity index (χ1v) is 9.11. The maximum Gasteiger partial charge on any atom is 0.242 e. The molecule has 0 unspecified atom stereocenters. The maximum atomic E-state index is 12.5. The number of aryl methyl sites for hydroxylation is 2. The van der Waals surface area contributed by atoms with E-state index in [9.17, 15) is 4.79 Å². The molecular formula is C20H25N3O.